The van der Waals surface area contributed by atoms with Gasteiger partial charge in [-0.25, -0.2) is 4.98 Å². The molecule has 0 aliphatic heterocycles. The number of rotatable bonds is 6. The van der Waals surface area contributed by atoms with Crippen LogP contribution in [-0.4, -0.2) is 33.1 Å². The Morgan fingerprint density at radius 3 is 2.45 bits per heavy atom. The lowest BCUT2D eigenvalue weighted by Gasteiger charge is -2.18. The van der Waals surface area contributed by atoms with E-state index in [1.54, 1.807) is 0 Å². The third-order valence-corrected chi connectivity index (χ3v) is 5.06. The van der Waals surface area contributed by atoms with Crippen molar-refractivity contribution in [2.24, 2.45) is 0 Å². The molecule has 0 aliphatic carbocycles. The molecule has 4 aromatic rings. The molecule has 0 spiro atoms. The SMILES string of the molecule is Cc1ccc(-c2nc(CCN(C)c3ccncc3)cn2-c2ccc(Cl)cc2)nc1. The Morgan fingerprint density at radius 2 is 1.76 bits per heavy atom. The first-order valence-corrected chi connectivity index (χ1v) is 9.86. The lowest BCUT2D eigenvalue weighted by molar-refractivity contribution is 0.857. The maximum absolute atomic E-state index is 6.07. The largest absolute Gasteiger partial charge is 0.374 e. The average molecular weight is 404 g/mol. The number of imidazole rings is 1. The van der Waals surface area contributed by atoms with Crippen molar-refractivity contribution in [1.82, 2.24) is 19.5 Å². The number of anilines is 1. The van der Waals surface area contributed by atoms with E-state index in [1.807, 2.05) is 68.0 Å². The molecule has 6 heteroatoms. The van der Waals surface area contributed by atoms with Crippen LogP contribution in [0.1, 0.15) is 11.3 Å². The van der Waals surface area contributed by atoms with Gasteiger partial charge < -0.3 is 4.90 Å². The number of hydrogen-bond acceptors (Lipinski definition) is 4. The Labute approximate surface area is 175 Å². The van der Waals surface area contributed by atoms with Crippen molar-refractivity contribution >= 4 is 17.3 Å². The summed E-state index contributed by atoms with van der Waals surface area (Å²) < 4.78 is 2.08. The van der Waals surface area contributed by atoms with E-state index in [2.05, 4.69) is 38.7 Å². The Morgan fingerprint density at radius 1 is 1.00 bits per heavy atom. The van der Waals surface area contributed by atoms with Gasteiger partial charge in [0, 0.05) is 61.2 Å². The normalized spacial score (nSPS) is 10.9. The second-order valence-corrected chi connectivity index (χ2v) is 7.44. The quantitative estimate of drug-likeness (QED) is 0.456. The van der Waals surface area contributed by atoms with Gasteiger partial charge in [-0.2, -0.15) is 0 Å². The van der Waals surface area contributed by atoms with E-state index in [0.29, 0.717) is 5.02 Å². The van der Waals surface area contributed by atoms with Crippen LogP contribution in [0.2, 0.25) is 5.02 Å². The molecule has 0 unspecified atom stereocenters. The number of benzene rings is 1. The Hall–Kier alpha value is -3.18. The Bertz CT molecular complexity index is 1010. The number of aromatic nitrogens is 4. The Balaban J connectivity index is 1.64. The van der Waals surface area contributed by atoms with Crippen LogP contribution in [-0.2, 0) is 6.42 Å². The van der Waals surface area contributed by atoms with E-state index in [-0.39, 0.29) is 0 Å². The van der Waals surface area contributed by atoms with Crippen LogP contribution >= 0.6 is 11.6 Å². The number of aryl methyl sites for hydroxylation is 1. The molecule has 0 amide bonds. The van der Waals surface area contributed by atoms with E-state index in [0.717, 1.165) is 47.1 Å². The molecule has 4 rings (SSSR count). The fourth-order valence-electron chi connectivity index (χ4n) is 3.14. The molecule has 0 saturated carbocycles. The molecular formula is C23H22ClN5. The number of hydrogen-bond donors (Lipinski definition) is 0. The summed E-state index contributed by atoms with van der Waals surface area (Å²) >= 11 is 6.07. The third kappa shape index (κ3) is 4.46. The molecule has 0 saturated heterocycles. The van der Waals surface area contributed by atoms with Crippen LogP contribution in [0.15, 0.2) is 73.3 Å². The fraction of sp³-hybridized carbons (Fsp3) is 0.174. The molecule has 0 fully saturated rings. The highest BCUT2D eigenvalue weighted by atomic mass is 35.5. The molecule has 0 N–H and O–H groups in total. The summed E-state index contributed by atoms with van der Waals surface area (Å²) in [5.41, 5.74) is 5.13. The minimum absolute atomic E-state index is 0.711. The summed E-state index contributed by atoms with van der Waals surface area (Å²) in [7, 11) is 2.08. The lowest BCUT2D eigenvalue weighted by Crippen LogP contribution is -2.20. The van der Waals surface area contributed by atoms with Gasteiger partial charge >= 0.3 is 0 Å². The van der Waals surface area contributed by atoms with Crippen molar-refractivity contribution in [2.45, 2.75) is 13.3 Å². The minimum Gasteiger partial charge on any atom is -0.374 e. The van der Waals surface area contributed by atoms with Gasteiger partial charge in [-0.1, -0.05) is 17.7 Å². The summed E-state index contributed by atoms with van der Waals surface area (Å²) in [6, 6.07) is 15.8. The van der Waals surface area contributed by atoms with Gasteiger partial charge in [0.15, 0.2) is 5.82 Å². The summed E-state index contributed by atoms with van der Waals surface area (Å²) in [5, 5.41) is 0.711. The molecule has 146 valence electrons. The maximum atomic E-state index is 6.07. The van der Waals surface area contributed by atoms with Crippen LogP contribution in [0.3, 0.4) is 0 Å². The van der Waals surface area contributed by atoms with Crippen molar-refractivity contribution in [3.05, 3.63) is 89.6 Å². The zero-order valence-electron chi connectivity index (χ0n) is 16.5. The van der Waals surface area contributed by atoms with Crippen LogP contribution in [0.5, 0.6) is 0 Å². The first kappa shape index (κ1) is 19.2. The molecule has 0 atom stereocenters. The standard InChI is InChI=1S/C23H22ClN5/c1-17-3-8-22(26-15-17)23-27-19(11-14-28(2)20-9-12-25-13-10-20)16-29(23)21-6-4-18(24)5-7-21/h3-10,12-13,15-16H,11,14H2,1-2H3. The molecule has 5 nitrogen and oxygen atoms in total. The van der Waals surface area contributed by atoms with Crippen LogP contribution in [0, 0.1) is 6.92 Å². The monoisotopic (exact) mass is 403 g/mol. The number of nitrogens with zero attached hydrogens (tertiary/aromatic N) is 5. The van der Waals surface area contributed by atoms with Gasteiger partial charge in [-0.05, 0) is 55.0 Å². The van der Waals surface area contributed by atoms with Gasteiger partial charge in [0.05, 0.1) is 5.69 Å². The lowest BCUT2D eigenvalue weighted by atomic mass is 10.2. The average Bonchev–Trinajstić information content (AvgIpc) is 3.18. The zero-order chi connectivity index (χ0) is 20.2. The van der Waals surface area contributed by atoms with Gasteiger partial charge in [0.2, 0.25) is 0 Å². The molecule has 0 radical (unpaired) electrons. The first-order chi connectivity index (χ1) is 14.1. The van der Waals surface area contributed by atoms with Crippen molar-refractivity contribution in [1.29, 1.82) is 0 Å². The van der Waals surface area contributed by atoms with Crippen LogP contribution in [0.25, 0.3) is 17.2 Å². The Kier molecular flexibility index (Phi) is 5.58. The van der Waals surface area contributed by atoms with Crippen molar-refractivity contribution in [3.8, 4) is 17.2 Å². The molecule has 0 aliphatic rings. The predicted octanol–water partition coefficient (Wildman–Crippen LogP) is 4.97. The zero-order valence-corrected chi connectivity index (χ0v) is 17.2. The van der Waals surface area contributed by atoms with E-state index in [9.17, 15) is 0 Å². The first-order valence-electron chi connectivity index (χ1n) is 9.48. The van der Waals surface area contributed by atoms with Crippen molar-refractivity contribution in [2.75, 3.05) is 18.5 Å². The molecule has 3 aromatic heterocycles. The topological polar surface area (TPSA) is 46.8 Å². The van der Waals surface area contributed by atoms with E-state index >= 15 is 0 Å². The smallest absolute Gasteiger partial charge is 0.163 e. The fourth-order valence-corrected chi connectivity index (χ4v) is 3.26. The molecule has 29 heavy (non-hydrogen) atoms. The molecule has 3 heterocycles. The van der Waals surface area contributed by atoms with E-state index < -0.39 is 0 Å². The second-order valence-electron chi connectivity index (χ2n) is 7.00. The van der Waals surface area contributed by atoms with E-state index in [4.69, 9.17) is 16.6 Å². The summed E-state index contributed by atoms with van der Waals surface area (Å²) in [4.78, 5) is 15.8. The van der Waals surface area contributed by atoms with Crippen molar-refractivity contribution in [3.63, 3.8) is 0 Å². The summed E-state index contributed by atoms with van der Waals surface area (Å²) in [6.07, 6.45) is 8.39. The second kappa shape index (κ2) is 8.45. The highest BCUT2D eigenvalue weighted by Gasteiger charge is 2.14. The summed E-state index contributed by atoms with van der Waals surface area (Å²) in [5.74, 6) is 0.828. The van der Waals surface area contributed by atoms with Crippen LogP contribution < -0.4 is 4.90 Å². The third-order valence-electron chi connectivity index (χ3n) is 4.81. The predicted molar refractivity (Wildman–Crippen MR) is 118 cm³/mol. The van der Waals surface area contributed by atoms with Gasteiger partial charge in [0.1, 0.15) is 5.69 Å². The maximum Gasteiger partial charge on any atom is 0.163 e. The number of likely N-dealkylation sites (N-methyl/N-ethyl adjacent to an activating group) is 1. The van der Waals surface area contributed by atoms with Crippen LogP contribution in [0.4, 0.5) is 5.69 Å². The van der Waals surface area contributed by atoms with E-state index in [1.165, 1.54) is 0 Å². The number of pyridine rings is 2. The number of halogens is 1. The molecule has 0 bridgehead atoms. The summed E-state index contributed by atoms with van der Waals surface area (Å²) in [6.45, 7) is 2.88. The van der Waals surface area contributed by atoms with Crippen molar-refractivity contribution < 1.29 is 0 Å². The van der Waals surface area contributed by atoms with Gasteiger partial charge in [0.25, 0.3) is 0 Å². The van der Waals surface area contributed by atoms with Gasteiger partial charge in [-0.3, -0.25) is 14.5 Å². The highest BCUT2D eigenvalue weighted by Crippen LogP contribution is 2.23. The minimum atomic E-state index is 0.711. The highest BCUT2D eigenvalue weighted by molar-refractivity contribution is 6.30. The molecule has 1 aromatic carbocycles. The van der Waals surface area contributed by atoms with Gasteiger partial charge in [-0.15, -0.1) is 0 Å². The molecular weight excluding hydrogens is 382 g/mol.